The van der Waals surface area contributed by atoms with Crippen molar-refractivity contribution in [3.8, 4) is 0 Å². The average molecular weight is 226 g/mol. The van der Waals surface area contributed by atoms with Gasteiger partial charge in [0.1, 0.15) is 12.3 Å². The quantitative estimate of drug-likeness (QED) is 0.689. The van der Waals surface area contributed by atoms with Crippen LogP contribution >= 0.6 is 0 Å². The number of ether oxygens (including phenoxy) is 1. The average Bonchev–Trinajstić information content (AvgIpc) is 2.59. The second-order valence-corrected chi connectivity index (χ2v) is 3.87. The number of hydrogen-bond donors (Lipinski definition) is 2. The number of aromatic nitrogens is 2. The lowest BCUT2D eigenvalue weighted by Crippen LogP contribution is -2.27. The molecule has 0 radical (unpaired) electrons. The third kappa shape index (κ3) is 1.99. The van der Waals surface area contributed by atoms with Crippen LogP contribution in [0.5, 0.6) is 0 Å². The van der Waals surface area contributed by atoms with Crippen LogP contribution in [-0.2, 0) is 4.74 Å². The van der Waals surface area contributed by atoms with Crippen molar-refractivity contribution in [1.82, 2.24) is 9.55 Å². The van der Waals surface area contributed by atoms with E-state index in [-0.39, 0.29) is 13.0 Å². The standard InChI is InChI=1S/C10H14N2O4/c1-6-2-3-12(10(15)11-6)9-4-7(14)8(5-13)16-9/h2-3,7-9,13-14H,4-5H2,1H3/t7-,8+,9+/m1/s1. The molecule has 6 nitrogen and oxygen atoms in total. The summed E-state index contributed by atoms with van der Waals surface area (Å²) < 4.78 is 6.68. The Morgan fingerprint density at radius 3 is 3.00 bits per heavy atom. The van der Waals surface area contributed by atoms with Crippen molar-refractivity contribution in [1.29, 1.82) is 0 Å². The topological polar surface area (TPSA) is 84.6 Å². The van der Waals surface area contributed by atoms with Gasteiger partial charge in [0.15, 0.2) is 0 Å². The summed E-state index contributed by atoms with van der Waals surface area (Å²) in [5.41, 5.74) is 0.231. The molecule has 0 bridgehead atoms. The zero-order chi connectivity index (χ0) is 11.7. The van der Waals surface area contributed by atoms with Gasteiger partial charge >= 0.3 is 5.69 Å². The zero-order valence-corrected chi connectivity index (χ0v) is 8.91. The maximum Gasteiger partial charge on any atom is 0.349 e. The maximum atomic E-state index is 11.6. The van der Waals surface area contributed by atoms with E-state index in [0.717, 1.165) is 0 Å². The SMILES string of the molecule is Cc1ccn([C@@H]2C[C@@H](O)[C@H](CO)O2)c(=O)n1. The highest BCUT2D eigenvalue weighted by atomic mass is 16.5. The predicted molar refractivity (Wildman–Crippen MR) is 54.9 cm³/mol. The van der Waals surface area contributed by atoms with Crippen LogP contribution in [0.1, 0.15) is 18.3 Å². The Kier molecular flexibility index (Phi) is 3.04. The van der Waals surface area contributed by atoms with E-state index < -0.39 is 24.1 Å². The zero-order valence-electron chi connectivity index (χ0n) is 8.91. The molecule has 88 valence electrons. The van der Waals surface area contributed by atoms with Crippen molar-refractivity contribution in [2.45, 2.75) is 31.8 Å². The fourth-order valence-electron chi connectivity index (χ4n) is 1.77. The molecule has 1 aromatic rings. The minimum atomic E-state index is -0.747. The van der Waals surface area contributed by atoms with Crippen LogP contribution in [0.25, 0.3) is 0 Å². The van der Waals surface area contributed by atoms with Gasteiger partial charge < -0.3 is 14.9 Å². The van der Waals surface area contributed by atoms with E-state index in [0.29, 0.717) is 5.69 Å². The molecule has 1 aromatic heterocycles. The van der Waals surface area contributed by atoms with Crippen molar-refractivity contribution in [3.05, 3.63) is 28.4 Å². The number of aliphatic hydroxyl groups excluding tert-OH is 2. The number of aryl methyl sites for hydroxylation is 1. The van der Waals surface area contributed by atoms with E-state index in [9.17, 15) is 9.90 Å². The van der Waals surface area contributed by atoms with Gasteiger partial charge in [0.2, 0.25) is 0 Å². The molecule has 0 amide bonds. The Labute approximate surface area is 92.1 Å². The molecular weight excluding hydrogens is 212 g/mol. The van der Waals surface area contributed by atoms with Crippen LogP contribution in [0, 0.1) is 6.92 Å². The molecule has 0 aromatic carbocycles. The van der Waals surface area contributed by atoms with Gasteiger partial charge in [0.25, 0.3) is 0 Å². The van der Waals surface area contributed by atoms with Crippen molar-refractivity contribution < 1.29 is 14.9 Å². The van der Waals surface area contributed by atoms with Crippen LogP contribution in [0.4, 0.5) is 0 Å². The molecule has 2 heterocycles. The Hall–Kier alpha value is -1.24. The molecule has 16 heavy (non-hydrogen) atoms. The van der Waals surface area contributed by atoms with Gasteiger partial charge in [-0.15, -0.1) is 0 Å². The minimum absolute atomic E-state index is 0.258. The molecule has 0 spiro atoms. The Bertz CT molecular complexity index is 431. The van der Waals surface area contributed by atoms with Gasteiger partial charge in [-0.3, -0.25) is 4.57 Å². The van der Waals surface area contributed by atoms with E-state index in [1.54, 1.807) is 19.2 Å². The van der Waals surface area contributed by atoms with Gasteiger partial charge in [-0.1, -0.05) is 0 Å². The van der Waals surface area contributed by atoms with Crippen molar-refractivity contribution in [3.63, 3.8) is 0 Å². The summed E-state index contributed by atoms with van der Waals surface area (Å²) in [6.07, 6.45) is -0.0494. The van der Waals surface area contributed by atoms with Crippen LogP contribution < -0.4 is 5.69 Å². The normalized spacial score (nSPS) is 29.6. The molecule has 0 saturated carbocycles. The summed E-state index contributed by atoms with van der Waals surface area (Å²) in [7, 11) is 0. The minimum Gasteiger partial charge on any atom is -0.394 e. The Morgan fingerprint density at radius 2 is 2.44 bits per heavy atom. The van der Waals surface area contributed by atoms with Crippen molar-refractivity contribution in [2.75, 3.05) is 6.61 Å². The van der Waals surface area contributed by atoms with E-state index in [4.69, 9.17) is 9.84 Å². The molecule has 2 rings (SSSR count). The number of aliphatic hydroxyl groups is 2. The Balaban J connectivity index is 2.23. The smallest absolute Gasteiger partial charge is 0.349 e. The lowest BCUT2D eigenvalue weighted by atomic mass is 10.2. The molecule has 1 aliphatic rings. The molecule has 0 aliphatic carbocycles. The first kappa shape index (κ1) is 11.3. The number of rotatable bonds is 2. The van der Waals surface area contributed by atoms with E-state index in [1.807, 2.05) is 0 Å². The molecule has 3 atom stereocenters. The molecule has 2 N–H and O–H groups in total. The second kappa shape index (κ2) is 4.32. The summed E-state index contributed by atoms with van der Waals surface area (Å²) in [5, 5.41) is 18.5. The third-order valence-electron chi connectivity index (χ3n) is 2.66. The molecule has 1 saturated heterocycles. The summed E-state index contributed by atoms with van der Waals surface area (Å²) in [6, 6.07) is 1.70. The Morgan fingerprint density at radius 1 is 1.69 bits per heavy atom. The second-order valence-electron chi connectivity index (χ2n) is 3.87. The van der Waals surface area contributed by atoms with Crippen molar-refractivity contribution >= 4 is 0 Å². The molecule has 1 fully saturated rings. The van der Waals surface area contributed by atoms with Gasteiger partial charge in [-0.05, 0) is 13.0 Å². The van der Waals surface area contributed by atoms with Gasteiger partial charge in [-0.2, -0.15) is 4.98 Å². The summed E-state index contributed by atoms with van der Waals surface area (Å²) in [5.74, 6) is 0. The van der Waals surface area contributed by atoms with Gasteiger partial charge in [0, 0.05) is 18.3 Å². The van der Waals surface area contributed by atoms with Crippen LogP contribution in [0.3, 0.4) is 0 Å². The summed E-state index contributed by atoms with van der Waals surface area (Å²) in [6.45, 7) is 1.47. The number of nitrogens with zero attached hydrogens (tertiary/aromatic N) is 2. The van der Waals surface area contributed by atoms with Crippen LogP contribution in [0.15, 0.2) is 17.1 Å². The van der Waals surface area contributed by atoms with E-state index >= 15 is 0 Å². The first-order valence-corrected chi connectivity index (χ1v) is 5.12. The maximum absolute atomic E-state index is 11.6. The summed E-state index contributed by atoms with van der Waals surface area (Å²) in [4.78, 5) is 15.3. The van der Waals surface area contributed by atoms with Gasteiger partial charge in [-0.25, -0.2) is 4.79 Å². The molecular formula is C10H14N2O4. The van der Waals surface area contributed by atoms with E-state index in [1.165, 1.54) is 4.57 Å². The highest BCUT2D eigenvalue weighted by molar-refractivity contribution is 4.97. The van der Waals surface area contributed by atoms with Crippen LogP contribution in [0.2, 0.25) is 0 Å². The lowest BCUT2D eigenvalue weighted by Gasteiger charge is -2.13. The van der Waals surface area contributed by atoms with Crippen LogP contribution in [-0.4, -0.2) is 38.6 Å². The number of hydrogen-bond acceptors (Lipinski definition) is 5. The molecule has 0 unspecified atom stereocenters. The third-order valence-corrected chi connectivity index (χ3v) is 2.66. The fraction of sp³-hybridized carbons (Fsp3) is 0.600. The lowest BCUT2D eigenvalue weighted by molar-refractivity contribution is -0.0459. The molecule has 6 heteroatoms. The van der Waals surface area contributed by atoms with Gasteiger partial charge in [0.05, 0.1) is 12.7 Å². The first-order valence-electron chi connectivity index (χ1n) is 5.12. The van der Waals surface area contributed by atoms with E-state index in [2.05, 4.69) is 4.98 Å². The summed E-state index contributed by atoms with van der Waals surface area (Å²) >= 11 is 0. The highest BCUT2D eigenvalue weighted by Gasteiger charge is 2.34. The molecule has 1 aliphatic heterocycles. The monoisotopic (exact) mass is 226 g/mol. The fourth-order valence-corrected chi connectivity index (χ4v) is 1.77. The predicted octanol–water partition coefficient (Wildman–Crippen LogP) is -0.808. The highest BCUT2D eigenvalue weighted by Crippen LogP contribution is 2.27. The largest absolute Gasteiger partial charge is 0.394 e. The first-order chi connectivity index (χ1) is 7.61. The van der Waals surface area contributed by atoms with Crippen molar-refractivity contribution in [2.24, 2.45) is 0 Å².